The van der Waals surface area contributed by atoms with E-state index in [1.165, 1.54) is 18.5 Å². The molecule has 3 aromatic rings. The topological polar surface area (TPSA) is 88.8 Å². The van der Waals surface area contributed by atoms with E-state index in [2.05, 4.69) is 25.6 Å². The van der Waals surface area contributed by atoms with Crippen LogP contribution in [-0.2, 0) is 6.54 Å². The van der Waals surface area contributed by atoms with Crippen LogP contribution in [0.2, 0.25) is 5.15 Å². The zero-order valence-corrected chi connectivity index (χ0v) is 13.3. The molecule has 0 aliphatic rings. The van der Waals surface area contributed by atoms with E-state index in [0.29, 0.717) is 34.7 Å². The molecule has 3 rings (SSSR count). The van der Waals surface area contributed by atoms with Crippen molar-refractivity contribution in [2.24, 2.45) is 0 Å². The number of hydrogen-bond donors (Lipinski definition) is 3. The average molecular weight is 345 g/mol. The number of nitrogen functional groups attached to an aromatic ring is 1. The Kier molecular flexibility index (Phi) is 4.72. The van der Waals surface area contributed by atoms with Gasteiger partial charge in [0, 0.05) is 12.7 Å². The van der Waals surface area contributed by atoms with Crippen molar-refractivity contribution in [1.29, 1.82) is 0 Å². The van der Waals surface area contributed by atoms with Gasteiger partial charge in [-0.25, -0.2) is 19.3 Å². The maximum Gasteiger partial charge on any atom is 0.159 e. The van der Waals surface area contributed by atoms with Crippen LogP contribution in [0.5, 0.6) is 0 Å². The van der Waals surface area contributed by atoms with Gasteiger partial charge in [0.2, 0.25) is 0 Å². The lowest BCUT2D eigenvalue weighted by Gasteiger charge is -2.13. The van der Waals surface area contributed by atoms with Gasteiger partial charge in [-0.3, -0.25) is 0 Å². The maximum absolute atomic E-state index is 12.9. The van der Waals surface area contributed by atoms with Crippen LogP contribution in [0, 0.1) is 5.82 Å². The largest absolute Gasteiger partial charge is 0.393 e. The van der Waals surface area contributed by atoms with E-state index < -0.39 is 0 Å². The number of hydrogen-bond acceptors (Lipinski definition) is 6. The standard InChI is InChI=1S/C16H14ClFN6/c17-14-12(2-1-7-20-14)24-16-13(19)15(22-9-23-16)21-8-10-3-5-11(18)6-4-10/h1-7,9H,8,19H2,(H2,21,22,23,24). The Bertz CT molecular complexity index is 840. The average Bonchev–Trinajstić information content (AvgIpc) is 2.59. The molecule has 0 amide bonds. The highest BCUT2D eigenvalue weighted by Crippen LogP contribution is 2.28. The summed E-state index contributed by atoms with van der Waals surface area (Å²) < 4.78 is 12.9. The van der Waals surface area contributed by atoms with Crippen LogP contribution in [0.25, 0.3) is 0 Å². The summed E-state index contributed by atoms with van der Waals surface area (Å²) >= 11 is 6.02. The number of rotatable bonds is 5. The Labute approximate surface area is 142 Å². The first-order chi connectivity index (χ1) is 11.6. The van der Waals surface area contributed by atoms with Crippen molar-refractivity contribution in [3.8, 4) is 0 Å². The summed E-state index contributed by atoms with van der Waals surface area (Å²) in [5.74, 6) is 0.610. The Morgan fingerprint density at radius 1 is 1.04 bits per heavy atom. The number of benzene rings is 1. The summed E-state index contributed by atoms with van der Waals surface area (Å²) in [5, 5.41) is 6.44. The monoisotopic (exact) mass is 344 g/mol. The van der Waals surface area contributed by atoms with E-state index in [9.17, 15) is 4.39 Å². The molecule has 122 valence electrons. The SMILES string of the molecule is Nc1c(NCc2ccc(F)cc2)ncnc1Nc1cccnc1Cl. The minimum atomic E-state index is -0.278. The van der Waals surface area contributed by atoms with Crippen LogP contribution in [0.4, 0.5) is 27.4 Å². The van der Waals surface area contributed by atoms with Crippen molar-refractivity contribution in [2.75, 3.05) is 16.4 Å². The van der Waals surface area contributed by atoms with E-state index >= 15 is 0 Å². The molecule has 2 heterocycles. The highest BCUT2D eigenvalue weighted by molar-refractivity contribution is 6.32. The summed E-state index contributed by atoms with van der Waals surface area (Å²) in [7, 11) is 0. The normalized spacial score (nSPS) is 10.4. The van der Waals surface area contributed by atoms with Crippen LogP contribution in [0.3, 0.4) is 0 Å². The van der Waals surface area contributed by atoms with Gasteiger partial charge in [-0.05, 0) is 29.8 Å². The van der Waals surface area contributed by atoms with E-state index in [4.69, 9.17) is 17.3 Å². The molecule has 0 aliphatic heterocycles. The zero-order chi connectivity index (χ0) is 16.9. The Hall–Kier alpha value is -2.93. The highest BCUT2D eigenvalue weighted by Gasteiger charge is 2.10. The van der Waals surface area contributed by atoms with Gasteiger partial charge in [-0.1, -0.05) is 23.7 Å². The highest BCUT2D eigenvalue weighted by atomic mass is 35.5. The van der Waals surface area contributed by atoms with Crippen molar-refractivity contribution >= 4 is 34.6 Å². The summed E-state index contributed by atoms with van der Waals surface area (Å²) in [4.78, 5) is 12.2. The van der Waals surface area contributed by atoms with Gasteiger partial charge in [0.25, 0.3) is 0 Å². The molecule has 1 aromatic carbocycles. The van der Waals surface area contributed by atoms with E-state index in [1.54, 1.807) is 30.5 Å². The van der Waals surface area contributed by atoms with Crippen LogP contribution in [-0.4, -0.2) is 15.0 Å². The van der Waals surface area contributed by atoms with Crippen molar-refractivity contribution in [3.63, 3.8) is 0 Å². The van der Waals surface area contributed by atoms with Gasteiger partial charge in [0.1, 0.15) is 17.8 Å². The number of halogens is 2. The third-order valence-electron chi connectivity index (χ3n) is 3.27. The molecule has 0 saturated heterocycles. The second kappa shape index (κ2) is 7.10. The van der Waals surface area contributed by atoms with Crippen molar-refractivity contribution in [3.05, 3.63) is 65.5 Å². The zero-order valence-electron chi connectivity index (χ0n) is 12.5. The summed E-state index contributed by atoms with van der Waals surface area (Å²) in [6.45, 7) is 0.453. The fraction of sp³-hybridized carbons (Fsp3) is 0.0625. The molecule has 0 spiro atoms. The summed E-state index contributed by atoms with van der Waals surface area (Å²) in [6, 6.07) is 9.69. The fourth-order valence-electron chi connectivity index (χ4n) is 2.03. The molecule has 4 N–H and O–H groups in total. The van der Waals surface area contributed by atoms with Crippen LogP contribution < -0.4 is 16.4 Å². The Balaban J connectivity index is 1.75. The molecule has 6 nitrogen and oxygen atoms in total. The lowest BCUT2D eigenvalue weighted by atomic mass is 10.2. The lowest BCUT2D eigenvalue weighted by molar-refractivity contribution is 0.627. The number of nitrogens with two attached hydrogens (primary N) is 1. The van der Waals surface area contributed by atoms with Gasteiger partial charge in [0.15, 0.2) is 16.8 Å². The van der Waals surface area contributed by atoms with Gasteiger partial charge < -0.3 is 16.4 Å². The van der Waals surface area contributed by atoms with Crippen LogP contribution in [0.1, 0.15) is 5.56 Å². The van der Waals surface area contributed by atoms with Gasteiger partial charge in [0.05, 0.1) is 5.69 Å². The molecule has 2 aromatic heterocycles. The van der Waals surface area contributed by atoms with Crippen LogP contribution in [0.15, 0.2) is 48.9 Å². The lowest BCUT2D eigenvalue weighted by Crippen LogP contribution is -2.08. The number of anilines is 4. The second-order valence-corrected chi connectivity index (χ2v) is 5.29. The van der Waals surface area contributed by atoms with Gasteiger partial charge >= 0.3 is 0 Å². The molecule has 0 aliphatic carbocycles. The van der Waals surface area contributed by atoms with Crippen molar-refractivity contribution in [2.45, 2.75) is 6.54 Å². The smallest absolute Gasteiger partial charge is 0.159 e. The molecule has 0 unspecified atom stereocenters. The first kappa shape index (κ1) is 15.9. The molecule has 0 radical (unpaired) electrons. The molecular formula is C16H14ClFN6. The first-order valence-corrected chi connectivity index (χ1v) is 7.47. The summed E-state index contributed by atoms with van der Waals surface area (Å²) in [6.07, 6.45) is 2.97. The van der Waals surface area contributed by atoms with E-state index in [-0.39, 0.29) is 5.82 Å². The first-order valence-electron chi connectivity index (χ1n) is 7.10. The van der Waals surface area contributed by atoms with Crippen molar-refractivity contribution < 1.29 is 4.39 Å². The minimum Gasteiger partial charge on any atom is -0.393 e. The molecule has 24 heavy (non-hydrogen) atoms. The Morgan fingerprint density at radius 2 is 1.79 bits per heavy atom. The molecule has 0 saturated carbocycles. The van der Waals surface area contributed by atoms with Crippen molar-refractivity contribution in [1.82, 2.24) is 15.0 Å². The predicted octanol–water partition coefficient (Wildman–Crippen LogP) is 3.60. The number of nitrogens with zero attached hydrogens (tertiary/aromatic N) is 3. The fourth-order valence-corrected chi connectivity index (χ4v) is 2.20. The maximum atomic E-state index is 12.9. The third-order valence-corrected chi connectivity index (χ3v) is 3.57. The number of aromatic nitrogens is 3. The predicted molar refractivity (Wildman–Crippen MR) is 92.7 cm³/mol. The van der Waals surface area contributed by atoms with Gasteiger partial charge in [-0.15, -0.1) is 0 Å². The van der Waals surface area contributed by atoms with Gasteiger partial charge in [-0.2, -0.15) is 0 Å². The summed E-state index contributed by atoms with van der Waals surface area (Å²) in [5.41, 5.74) is 7.94. The minimum absolute atomic E-state index is 0.278. The van der Waals surface area contributed by atoms with Crippen LogP contribution >= 0.6 is 11.6 Å². The quantitative estimate of drug-likeness (QED) is 0.613. The molecule has 0 atom stereocenters. The Morgan fingerprint density at radius 3 is 2.54 bits per heavy atom. The number of pyridine rings is 1. The molecule has 8 heteroatoms. The van der Waals surface area contributed by atoms with E-state index in [0.717, 1.165) is 5.56 Å². The molecule has 0 bridgehead atoms. The number of nitrogens with one attached hydrogen (secondary N) is 2. The third kappa shape index (κ3) is 3.69. The molecular weight excluding hydrogens is 331 g/mol. The molecule has 0 fully saturated rings. The van der Waals surface area contributed by atoms with E-state index in [1.807, 2.05) is 0 Å². The second-order valence-electron chi connectivity index (χ2n) is 4.93.